The third-order valence-electron chi connectivity index (χ3n) is 6.99. The van der Waals surface area contributed by atoms with Crippen LogP contribution in [0.5, 0.6) is 0 Å². The third-order valence-corrected chi connectivity index (χ3v) is 6.99. The van der Waals surface area contributed by atoms with Gasteiger partial charge in [0.1, 0.15) is 17.6 Å². The Morgan fingerprint density at radius 2 is 2.09 bits per heavy atom. The second-order valence-corrected chi connectivity index (χ2v) is 8.73. The first kappa shape index (κ1) is 19.9. The molecule has 3 N–H and O–H groups in total. The number of anilines is 1. The average molecular weight is 450 g/mol. The van der Waals surface area contributed by atoms with Gasteiger partial charge in [0.2, 0.25) is 0 Å². The van der Waals surface area contributed by atoms with Crippen molar-refractivity contribution in [1.29, 1.82) is 0 Å². The van der Waals surface area contributed by atoms with Gasteiger partial charge in [-0.05, 0) is 19.3 Å². The molecule has 2 saturated carbocycles. The molecule has 0 radical (unpaired) electrons. The maximum Gasteiger partial charge on any atom is 0.256 e. The van der Waals surface area contributed by atoms with Crippen molar-refractivity contribution in [3.05, 3.63) is 24.9 Å². The van der Waals surface area contributed by atoms with Gasteiger partial charge in [0.05, 0.1) is 36.3 Å². The second-order valence-electron chi connectivity index (χ2n) is 8.73. The monoisotopic (exact) mass is 450 g/mol. The molecule has 13 heteroatoms. The van der Waals surface area contributed by atoms with E-state index in [1.165, 1.54) is 11.6 Å². The summed E-state index contributed by atoms with van der Waals surface area (Å²) in [6.07, 6.45) is 5.09. The summed E-state index contributed by atoms with van der Waals surface area (Å²) in [4.78, 5) is 25.9. The van der Waals surface area contributed by atoms with E-state index in [0.717, 1.165) is 5.56 Å². The highest BCUT2D eigenvalue weighted by atomic mass is 16.3. The number of aliphatic hydroxyl groups excluding tert-OH is 2. The maximum absolute atomic E-state index is 12.2. The number of Topliss-reactive ketones (excluding diaryl/α,β-unsaturated/α-hetero) is 1. The van der Waals surface area contributed by atoms with Crippen molar-refractivity contribution in [1.82, 2.24) is 44.3 Å². The van der Waals surface area contributed by atoms with E-state index in [1.54, 1.807) is 35.0 Å². The number of carbonyl (C=O) groups excluding carboxylic acids is 1. The average Bonchev–Trinajstić information content (AvgIpc) is 3.20. The molecule has 6 rings (SSSR count). The Hall–Kier alpha value is -3.71. The number of imidazole rings is 1. The van der Waals surface area contributed by atoms with Gasteiger partial charge in [0, 0.05) is 25.9 Å². The lowest BCUT2D eigenvalue weighted by molar-refractivity contribution is -0.128. The molecular formula is C20H22N10O3. The number of nitrogens with zero attached hydrogens (tertiary/aromatic N) is 9. The highest BCUT2D eigenvalue weighted by Gasteiger charge is 2.74. The lowest BCUT2D eigenvalue weighted by atomic mass is 9.95. The number of ketones is 1. The van der Waals surface area contributed by atoms with Gasteiger partial charge in [0.15, 0.2) is 17.0 Å². The molecule has 2 fully saturated rings. The van der Waals surface area contributed by atoms with Crippen LogP contribution in [0.4, 0.5) is 5.82 Å². The predicted octanol–water partition coefficient (Wildman–Crippen LogP) is -0.279. The predicted molar refractivity (Wildman–Crippen MR) is 114 cm³/mol. The van der Waals surface area contributed by atoms with E-state index in [9.17, 15) is 15.0 Å². The van der Waals surface area contributed by atoms with Crippen molar-refractivity contribution >= 4 is 22.8 Å². The molecule has 5 atom stereocenters. The fourth-order valence-electron chi connectivity index (χ4n) is 5.22. The Morgan fingerprint density at radius 3 is 2.76 bits per heavy atom. The van der Waals surface area contributed by atoms with Gasteiger partial charge < -0.3 is 20.1 Å². The van der Waals surface area contributed by atoms with Crippen molar-refractivity contribution in [2.45, 2.75) is 31.6 Å². The van der Waals surface area contributed by atoms with Gasteiger partial charge >= 0.3 is 0 Å². The molecule has 0 saturated heterocycles. The molecular weight excluding hydrogens is 428 g/mol. The number of aliphatic hydroxyl groups is 2. The Labute approximate surface area is 187 Å². The molecule has 0 aromatic carbocycles. The topological polar surface area (TPSA) is 162 Å². The summed E-state index contributed by atoms with van der Waals surface area (Å²) in [6, 6.07) is -0.525. The minimum Gasteiger partial charge on any atom is -0.389 e. The zero-order valence-electron chi connectivity index (χ0n) is 18.2. The van der Waals surface area contributed by atoms with Gasteiger partial charge in [-0.25, -0.2) is 4.98 Å². The van der Waals surface area contributed by atoms with Crippen molar-refractivity contribution in [3.63, 3.8) is 0 Å². The van der Waals surface area contributed by atoms with Crippen LogP contribution in [0.2, 0.25) is 0 Å². The maximum atomic E-state index is 12.2. The van der Waals surface area contributed by atoms with Crippen LogP contribution in [0, 0.1) is 11.3 Å². The number of aromatic nitrogens is 9. The molecule has 13 nitrogen and oxygen atoms in total. The fourth-order valence-corrected chi connectivity index (χ4v) is 5.22. The smallest absolute Gasteiger partial charge is 0.256 e. The highest BCUT2D eigenvalue weighted by Crippen LogP contribution is 2.68. The first-order valence-corrected chi connectivity index (χ1v) is 10.6. The molecule has 33 heavy (non-hydrogen) atoms. The Balaban J connectivity index is 1.45. The number of aryl methyl sites for hydroxylation is 1. The fraction of sp³-hybridized carbons (Fsp3) is 0.450. The van der Waals surface area contributed by atoms with Crippen LogP contribution in [0.25, 0.3) is 28.4 Å². The number of fused-ring (bicyclic) bond motifs is 2. The van der Waals surface area contributed by atoms with E-state index in [2.05, 4.69) is 35.7 Å². The Morgan fingerprint density at radius 1 is 1.27 bits per heavy atom. The summed E-state index contributed by atoms with van der Waals surface area (Å²) in [7, 11) is 3.54. The van der Waals surface area contributed by atoms with Crippen LogP contribution in [0.15, 0.2) is 24.9 Å². The van der Waals surface area contributed by atoms with Crippen LogP contribution >= 0.6 is 0 Å². The van der Waals surface area contributed by atoms with Gasteiger partial charge in [-0.3, -0.25) is 9.48 Å². The third kappa shape index (κ3) is 2.63. The van der Waals surface area contributed by atoms with Crippen LogP contribution in [0.3, 0.4) is 0 Å². The first-order chi connectivity index (χ1) is 15.8. The van der Waals surface area contributed by atoms with Gasteiger partial charge in [0.25, 0.3) is 5.95 Å². The van der Waals surface area contributed by atoms with E-state index < -0.39 is 23.7 Å². The lowest BCUT2D eigenvalue weighted by Crippen LogP contribution is -2.36. The SMILES string of the molecule is CNc1nc(-n2cc(-c3cnn(C)c3)nn2)nc2c1ncn2[C@H]1C(O)C(O)[C@]2(C(C)=O)CC12. The number of hydrogen-bond acceptors (Lipinski definition) is 10. The summed E-state index contributed by atoms with van der Waals surface area (Å²) in [6.45, 7) is 1.47. The second kappa shape index (κ2) is 6.65. The molecule has 0 spiro atoms. The molecule has 2 aliphatic carbocycles. The highest BCUT2D eigenvalue weighted by molar-refractivity contribution is 5.88. The molecule has 3 unspecified atom stereocenters. The Bertz CT molecular complexity index is 1410. The number of rotatable bonds is 5. The Kier molecular flexibility index (Phi) is 4.02. The summed E-state index contributed by atoms with van der Waals surface area (Å²) in [5.74, 6) is 0.451. The molecule has 2 aliphatic rings. The van der Waals surface area contributed by atoms with Gasteiger partial charge in [-0.15, -0.1) is 5.10 Å². The van der Waals surface area contributed by atoms with Crippen LogP contribution < -0.4 is 5.32 Å². The quantitative estimate of drug-likeness (QED) is 0.369. The van der Waals surface area contributed by atoms with Crippen LogP contribution in [0.1, 0.15) is 19.4 Å². The van der Waals surface area contributed by atoms with E-state index >= 15 is 0 Å². The molecule has 0 amide bonds. The van der Waals surface area contributed by atoms with Crippen molar-refractivity contribution in [3.8, 4) is 17.2 Å². The minimum atomic E-state index is -1.12. The molecule has 0 bridgehead atoms. The number of hydrogen-bond donors (Lipinski definition) is 3. The minimum absolute atomic E-state index is 0.109. The van der Waals surface area contributed by atoms with Crippen LogP contribution in [-0.4, -0.2) is 79.5 Å². The molecule has 4 aromatic rings. The van der Waals surface area contributed by atoms with E-state index in [-0.39, 0.29) is 17.6 Å². The molecule has 0 aliphatic heterocycles. The van der Waals surface area contributed by atoms with E-state index in [4.69, 9.17) is 0 Å². The van der Waals surface area contributed by atoms with Crippen molar-refractivity contribution in [2.24, 2.45) is 18.4 Å². The molecule has 4 heterocycles. The normalized spacial score (nSPS) is 28.3. The molecule has 170 valence electrons. The van der Waals surface area contributed by atoms with Crippen molar-refractivity contribution < 1.29 is 15.0 Å². The summed E-state index contributed by atoms with van der Waals surface area (Å²) in [5.41, 5.74) is 1.50. The zero-order valence-corrected chi connectivity index (χ0v) is 18.2. The standard InChI is InChI=1S/C20H22N10O3/c1-9(31)20-4-11(20)14(15(32)16(20)33)29-8-22-13-17(21-2)24-19(25-18(13)29)30-7-12(26-27-30)10-5-23-28(3)6-10/h5-8,11,14-16,32-33H,4H2,1-3H3,(H,21,24,25)/t11?,14-,15?,16?,20+/m1/s1. The summed E-state index contributed by atoms with van der Waals surface area (Å²) < 4.78 is 4.86. The van der Waals surface area contributed by atoms with Crippen LogP contribution in [-0.2, 0) is 11.8 Å². The summed E-state index contributed by atoms with van der Waals surface area (Å²) >= 11 is 0. The lowest BCUT2D eigenvalue weighted by Gasteiger charge is -2.23. The summed E-state index contributed by atoms with van der Waals surface area (Å²) in [5, 5.41) is 37.0. The zero-order chi connectivity index (χ0) is 23.1. The van der Waals surface area contributed by atoms with Gasteiger partial charge in [-0.2, -0.15) is 19.7 Å². The number of carbonyl (C=O) groups is 1. The van der Waals surface area contributed by atoms with E-state index in [0.29, 0.717) is 29.1 Å². The van der Waals surface area contributed by atoms with Gasteiger partial charge in [-0.1, -0.05) is 5.21 Å². The largest absolute Gasteiger partial charge is 0.389 e. The number of nitrogens with one attached hydrogen (secondary N) is 1. The molecule has 4 aromatic heterocycles. The van der Waals surface area contributed by atoms with Crippen molar-refractivity contribution in [2.75, 3.05) is 12.4 Å². The van der Waals surface area contributed by atoms with E-state index in [1.807, 2.05) is 13.2 Å². The first-order valence-electron chi connectivity index (χ1n) is 10.6.